The van der Waals surface area contributed by atoms with Crippen molar-refractivity contribution in [2.24, 2.45) is 5.41 Å². The number of sulfone groups is 1. The molecule has 2 N–H and O–H groups in total. The molecule has 1 aliphatic carbocycles. The summed E-state index contributed by atoms with van der Waals surface area (Å²) in [4.78, 5) is 23.6. The van der Waals surface area contributed by atoms with Crippen LogP contribution in [0, 0.1) is 11.2 Å². The zero-order chi connectivity index (χ0) is 22.9. The minimum atomic E-state index is -3.96. The number of hydrogen-bond donors (Lipinski definition) is 2. The summed E-state index contributed by atoms with van der Waals surface area (Å²) in [5, 5.41) is 9.17. The molecule has 11 heteroatoms. The molecule has 2 aromatic carbocycles. The molecule has 1 amide bonds. The van der Waals surface area contributed by atoms with Crippen molar-refractivity contribution in [3.05, 3.63) is 59.9 Å². The van der Waals surface area contributed by atoms with E-state index in [0.717, 1.165) is 5.56 Å². The Morgan fingerprint density at radius 3 is 2.25 bits per heavy atom. The first-order valence-electron chi connectivity index (χ1n) is 9.73. The fourth-order valence-electron chi connectivity index (χ4n) is 4.05. The van der Waals surface area contributed by atoms with Crippen LogP contribution in [-0.2, 0) is 30.7 Å². The van der Waals surface area contributed by atoms with Crippen molar-refractivity contribution < 1.29 is 41.8 Å². The third-order valence-electron chi connectivity index (χ3n) is 5.64. The Bertz CT molecular complexity index is 1100. The van der Waals surface area contributed by atoms with Gasteiger partial charge in [0.05, 0.1) is 16.1 Å². The second kappa shape index (κ2) is 8.40. The van der Waals surface area contributed by atoms with E-state index < -0.39 is 45.3 Å². The third kappa shape index (κ3) is 4.39. The number of rotatable bonds is 7. The highest BCUT2D eigenvalue weighted by Gasteiger charge is 2.58. The van der Waals surface area contributed by atoms with Gasteiger partial charge in [0.25, 0.3) is 5.91 Å². The predicted octanol–water partition coefficient (Wildman–Crippen LogP) is 2.37. The second-order valence-corrected chi connectivity index (χ2v) is 9.83. The van der Waals surface area contributed by atoms with E-state index >= 15 is 0 Å². The summed E-state index contributed by atoms with van der Waals surface area (Å²) in [5.41, 5.74) is 0.757. The van der Waals surface area contributed by atoms with Gasteiger partial charge in [0, 0.05) is 12.8 Å². The van der Waals surface area contributed by atoms with E-state index in [4.69, 9.17) is 19.4 Å². The highest BCUT2D eigenvalue weighted by molar-refractivity contribution is 7.91. The number of ether oxygens (including phenoxy) is 3. The Kier molecular flexibility index (Phi) is 5.78. The molecule has 170 valence electrons. The molecule has 0 aromatic heterocycles. The van der Waals surface area contributed by atoms with E-state index in [-0.39, 0.29) is 30.2 Å². The van der Waals surface area contributed by atoms with Crippen molar-refractivity contribution in [2.75, 3.05) is 5.75 Å². The van der Waals surface area contributed by atoms with Gasteiger partial charge in [-0.3, -0.25) is 10.0 Å². The Balaban J connectivity index is 1.46. The van der Waals surface area contributed by atoms with E-state index in [1.54, 1.807) is 12.1 Å². The second-order valence-electron chi connectivity index (χ2n) is 7.84. The van der Waals surface area contributed by atoms with Crippen LogP contribution in [0.2, 0.25) is 0 Å². The summed E-state index contributed by atoms with van der Waals surface area (Å²) in [6.07, 6.45) is -2.55. The largest absolute Gasteiger partial charge is 0.509 e. The van der Waals surface area contributed by atoms with Crippen LogP contribution < -0.4 is 10.2 Å². The number of hydrogen-bond acceptors (Lipinski definition) is 8. The van der Waals surface area contributed by atoms with Crippen LogP contribution in [0.1, 0.15) is 18.4 Å². The number of hydroxylamine groups is 1. The van der Waals surface area contributed by atoms with Crippen LogP contribution in [0.5, 0.6) is 5.75 Å². The molecule has 1 heterocycles. The van der Waals surface area contributed by atoms with Gasteiger partial charge >= 0.3 is 6.16 Å². The molecule has 2 atom stereocenters. The highest BCUT2D eigenvalue weighted by Crippen LogP contribution is 2.46. The molecule has 9 nitrogen and oxygen atoms in total. The molecule has 2 aliphatic rings. The minimum absolute atomic E-state index is 0.0354. The molecule has 0 bridgehead atoms. The van der Waals surface area contributed by atoms with Gasteiger partial charge in [0.15, 0.2) is 9.84 Å². The molecule has 0 spiro atoms. The molecular weight excluding hydrogens is 445 g/mol. The molecule has 1 saturated carbocycles. The van der Waals surface area contributed by atoms with Gasteiger partial charge in [-0.25, -0.2) is 23.1 Å². The molecule has 1 aliphatic heterocycles. The quantitative estimate of drug-likeness (QED) is 0.362. The number of fused-ring (bicyclic) bond motifs is 1. The lowest BCUT2D eigenvalue weighted by atomic mass is 9.87. The van der Waals surface area contributed by atoms with Crippen LogP contribution in [0.4, 0.5) is 9.18 Å². The maximum Gasteiger partial charge on any atom is 0.509 e. The smallest absolute Gasteiger partial charge is 0.489 e. The van der Waals surface area contributed by atoms with E-state index in [0.29, 0.717) is 5.75 Å². The number of nitrogens with one attached hydrogen (secondary N) is 1. The first-order valence-corrected chi connectivity index (χ1v) is 11.4. The number of benzene rings is 2. The van der Waals surface area contributed by atoms with Crippen LogP contribution in [0.25, 0.3) is 0 Å². The van der Waals surface area contributed by atoms with E-state index in [9.17, 15) is 22.4 Å². The van der Waals surface area contributed by atoms with Gasteiger partial charge in [-0.1, -0.05) is 12.1 Å². The summed E-state index contributed by atoms with van der Waals surface area (Å²) in [7, 11) is -3.96. The average Bonchev–Trinajstić information content (AvgIpc) is 3.27. The lowest BCUT2D eigenvalue weighted by Gasteiger charge is -2.26. The lowest BCUT2D eigenvalue weighted by Crippen LogP contribution is -2.43. The van der Waals surface area contributed by atoms with Gasteiger partial charge in [0.1, 0.15) is 30.4 Å². The topological polar surface area (TPSA) is 128 Å². The van der Waals surface area contributed by atoms with Crippen LogP contribution >= 0.6 is 0 Å². The number of carbonyl (C=O) groups excluding carboxylic acids is 2. The van der Waals surface area contributed by atoms with Crippen molar-refractivity contribution in [1.29, 1.82) is 0 Å². The van der Waals surface area contributed by atoms with Crippen molar-refractivity contribution in [3.63, 3.8) is 0 Å². The summed E-state index contributed by atoms with van der Waals surface area (Å²) in [5.74, 6) is -1.43. The van der Waals surface area contributed by atoms with Crippen molar-refractivity contribution >= 4 is 21.9 Å². The lowest BCUT2D eigenvalue weighted by molar-refractivity contribution is -0.139. The SMILES string of the molecule is O=C1OC2CC(CS(=O)(=O)c3ccc(OCc4ccc(F)cc4)cc3)(C(=O)NO)CC2O1. The van der Waals surface area contributed by atoms with Crippen molar-refractivity contribution in [3.8, 4) is 5.75 Å². The molecule has 2 aromatic rings. The fourth-order valence-corrected chi connectivity index (χ4v) is 5.86. The zero-order valence-electron chi connectivity index (χ0n) is 16.7. The van der Waals surface area contributed by atoms with E-state index in [1.165, 1.54) is 41.9 Å². The Labute approximate surface area is 183 Å². The number of carbonyl (C=O) groups is 2. The third-order valence-corrected chi connectivity index (χ3v) is 7.57. The Morgan fingerprint density at radius 2 is 1.69 bits per heavy atom. The molecule has 32 heavy (non-hydrogen) atoms. The first-order chi connectivity index (χ1) is 15.2. The van der Waals surface area contributed by atoms with Gasteiger partial charge in [-0.2, -0.15) is 0 Å². The summed E-state index contributed by atoms with van der Waals surface area (Å²) < 4.78 is 54.6. The maximum absolute atomic E-state index is 13.0. The van der Waals surface area contributed by atoms with Gasteiger partial charge in [0.2, 0.25) is 0 Å². The Morgan fingerprint density at radius 1 is 1.09 bits per heavy atom. The summed E-state index contributed by atoms with van der Waals surface area (Å²) in [6, 6.07) is 11.5. The van der Waals surface area contributed by atoms with Crippen LogP contribution in [0.15, 0.2) is 53.4 Å². The van der Waals surface area contributed by atoms with E-state index in [2.05, 4.69) is 0 Å². The monoisotopic (exact) mass is 465 g/mol. The molecule has 4 rings (SSSR count). The molecule has 0 radical (unpaired) electrons. The minimum Gasteiger partial charge on any atom is -0.489 e. The van der Waals surface area contributed by atoms with E-state index in [1.807, 2.05) is 0 Å². The van der Waals surface area contributed by atoms with Gasteiger partial charge in [-0.05, 0) is 42.0 Å². The van der Waals surface area contributed by atoms with Crippen molar-refractivity contribution in [1.82, 2.24) is 5.48 Å². The average molecular weight is 465 g/mol. The molecule has 1 saturated heterocycles. The van der Waals surface area contributed by atoms with Gasteiger partial charge < -0.3 is 14.2 Å². The fraction of sp³-hybridized carbons (Fsp3) is 0.333. The number of amides is 1. The summed E-state index contributed by atoms with van der Waals surface area (Å²) >= 11 is 0. The molecular formula is C21H20FNO8S. The Hall–Kier alpha value is -3.18. The molecule has 2 unspecified atom stereocenters. The van der Waals surface area contributed by atoms with Crippen LogP contribution in [0.3, 0.4) is 0 Å². The predicted molar refractivity (Wildman–Crippen MR) is 106 cm³/mol. The standard InChI is InChI=1S/C21H20FNO8S/c22-14-3-1-13(2-4-14)11-29-15-5-7-16(8-6-15)32(27,28)12-21(19(24)23-26)9-17-18(10-21)31-20(25)30-17/h1-8,17-18,26H,9-12H2,(H,23,24). The van der Waals surface area contributed by atoms with Gasteiger partial charge in [-0.15, -0.1) is 0 Å². The van der Waals surface area contributed by atoms with Crippen LogP contribution in [-0.4, -0.2) is 43.6 Å². The first kappa shape index (κ1) is 22.0. The van der Waals surface area contributed by atoms with Crippen molar-refractivity contribution in [2.45, 2.75) is 36.6 Å². The normalized spacial score (nSPS) is 24.4. The number of halogens is 1. The maximum atomic E-state index is 13.0. The highest BCUT2D eigenvalue weighted by atomic mass is 32.2. The summed E-state index contributed by atoms with van der Waals surface area (Å²) in [6.45, 7) is 0.174. The zero-order valence-corrected chi connectivity index (χ0v) is 17.5. The molecule has 2 fully saturated rings.